The van der Waals surface area contributed by atoms with Crippen LogP contribution in [-0.4, -0.2) is 30.5 Å². The topological polar surface area (TPSA) is 7.45 Å². The van der Waals surface area contributed by atoms with Crippen molar-refractivity contribution in [2.45, 2.75) is 13.5 Å². The highest BCUT2D eigenvalue weighted by Crippen LogP contribution is 1.95. The van der Waals surface area contributed by atoms with Gasteiger partial charge in [0.15, 0.2) is 6.54 Å². The molecule has 0 amide bonds. The van der Waals surface area contributed by atoms with Gasteiger partial charge in [-0.1, -0.05) is 30.3 Å². The van der Waals surface area contributed by atoms with Gasteiger partial charge in [-0.2, -0.15) is 4.58 Å². The molecule has 0 spiro atoms. The van der Waals surface area contributed by atoms with Gasteiger partial charge in [-0.15, -0.1) is 0 Å². The van der Waals surface area contributed by atoms with Crippen molar-refractivity contribution in [1.82, 2.24) is 0 Å². The summed E-state index contributed by atoms with van der Waals surface area (Å²) in [6.45, 7) is 5.77. The van der Waals surface area contributed by atoms with Gasteiger partial charge in [0.2, 0.25) is 0 Å². The van der Waals surface area contributed by atoms with E-state index in [4.69, 9.17) is 0 Å². The molecule has 74 valence electrons. The van der Waals surface area contributed by atoms with E-state index in [2.05, 4.69) is 48.9 Å². The first-order valence-electron chi connectivity index (χ1n) is 5.21. The zero-order chi connectivity index (χ0) is 9.97. The number of hydrogen-bond donors (Lipinski definition) is 1. The fraction of sp³-hybridized carbons (Fsp3) is 0.417. The van der Waals surface area contributed by atoms with Crippen LogP contribution in [0.1, 0.15) is 12.5 Å². The molecule has 0 saturated heterocycles. The lowest BCUT2D eigenvalue weighted by molar-refractivity contribution is -0.816. The first kappa shape index (κ1) is 9.41. The number of amidine groups is 1. The van der Waals surface area contributed by atoms with Gasteiger partial charge in [-0.05, 0) is 0 Å². The van der Waals surface area contributed by atoms with Gasteiger partial charge in [0, 0.05) is 5.56 Å². The number of rotatable bonds is 2. The third-order valence-corrected chi connectivity index (χ3v) is 3.09. The van der Waals surface area contributed by atoms with Crippen LogP contribution in [0.25, 0.3) is 0 Å². The molecule has 1 heterocycles. The average molecular weight is 190 g/mol. The van der Waals surface area contributed by atoms with Crippen molar-refractivity contribution >= 4 is 5.84 Å². The van der Waals surface area contributed by atoms with Crippen molar-refractivity contribution in [3.8, 4) is 0 Å². The maximum Gasteiger partial charge on any atom is 0.333 e. The maximum atomic E-state index is 2.35. The van der Waals surface area contributed by atoms with Crippen molar-refractivity contribution in [3.05, 3.63) is 35.9 Å². The molecule has 14 heavy (non-hydrogen) atoms. The Morgan fingerprint density at radius 2 is 2.00 bits per heavy atom. The van der Waals surface area contributed by atoms with Crippen LogP contribution in [0.4, 0.5) is 0 Å². The third kappa shape index (κ3) is 1.85. The van der Waals surface area contributed by atoms with E-state index < -0.39 is 0 Å². The van der Waals surface area contributed by atoms with Crippen LogP contribution < -0.4 is 4.90 Å². The minimum absolute atomic E-state index is 1.12. The summed E-state index contributed by atoms with van der Waals surface area (Å²) < 4.78 is 2.35. The Bertz CT molecular complexity index is 341. The monoisotopic (exact) mass is 190 g/mol. The van der Waals surface area contributed by atoms with Crippen LogP contribution in [0.2, 0.25) is 0 Å². The molecule has 0 bridgehead atoms. The summed E-state index contributed by atoms with van der Waals surface area (Å²) in [5, 5.41) is 0. The van der Waals surface area contributed by atoms with Gasteiger partial charge in [0.1, 0.15) is 20.1 Å². The Morgan fingerprint density at radius 3 is 2.57 bits per heavy atom. The molecule has 0 fully saturated rings. The zero-order valence-corrected chi connectivity index (χ0v) is 8.96. The molecule has 1 unspecified atom stereocenters. The molecule has 1 aliphatic heterocycles. The lowest BCUT2D eigenvalue weighted by Gasteiger charge is -2.07. The number of nitrogens with zero attached hydrogens (tertiary/aromatic N) is 1. The molecule has 0 aliphatic carbocycles. The van der Waals surface area contributed by atoms with E-state index in [1.54, 1.807) is 4.90 Å². The van der Waals surface area contributed by atoms with E-state index in [1.165, 1.54) is 24.5 Å². The van der Waals surface area contributed by atoms with Gasteiger partial charge in [0.25, 0.3) is 0 Å². The van der Waals surface area contributed by atoms with Gasteiger partial charge in [-0.3, -0.25) is 0 Å². The van der Waals surface area contributed by atoms with Crippen LogP contribution in [0, 0.1) is 0 Å². The highest BCUT2D eigenvalue weighted by molar-refractivity contribution is 5.65. The number of nitrogens with one attached hydrogen (secondary N) is 1. The van der Waals surface area contributed by atoms with E-state index >= 15 is 0 Å². The molecular formula is C12H18N2+2. The molecular weight excluding hydrogens is 172 g/mol. The van der Waals surface area contributed by atoms with Crippen molar-refractivity contribution in [1.29, 1.82) is 0 Å². The number of quaternary nitrogens is 1. The highest BCUT2D eigenvalue weighted by Gasteiger charge is 2.28. The Kier molecular flexibility index (Phi) is 2.64. The minimum atomic E-state index is 1.12. The molecule has 0 aromatic heterocycles. The van der Waals surface area contributed by atoms with Gasteiger partial charge in [-0.25, -0.2) is 4.90 Å². The molecule has 0 radical (unpaired) electrons. The molecule has 1 atom stereocenters. The largest absolute Gasteiger partial charge is 0.333 e. The van der Waals surface area contributed by atoms with Gasteiger partial charge >= 0.3 is 5.84 Å². The molecule has 1 N–H and O–H groups in total. The SMILES string of the molecule is CC1=[N+](C)CC[NH+]1Cc1ccccc1. The standard InChI is InChI=1S/C12H17N2/c1-11-13(2)8-9-14(11)10-12-6-4-3-5-7-12/h3-7H,8-10H2,1-2H3/q+1/p+1. The lowest BCUT2D eigenvalue weighted by Crippen LogP contribution is -3.11. The Balaban J connectivity index is 2.07. The van der Waals surface area contributed by atoms with Crippen LogP contribution in [0.5, 0.6) is 0 Å². The normalized spacial score (nSPS) is 21.7. The number of hydrogen-bond acceptors (Lipinski definition) is 0. The van der Waals surface area contributed by atoms with Crippen LogP contribution in [0.15, 0.2) is 30.3 Å². The van der Waals surface area contributed by atoms with Crippen LogP contribution in [0.3, 0.4) is 0 Å². The summed E-state index contributed by atoms with van der Waals surface area (Å²) in [6.07, 6.45) is 0. The van der Waals surface area contributed by atoms with Gasteiger partial charge < -0.3 is 0 Å². The summed E-state index contributed by atoms with van der Waals surface area (Å²) >= 11 is 0. The molecule has 0 saturated carbocycles. The average Bonchev–Trinajstić information content (AvgIpc) is 2.52. The van der Waals surface area contributed by atoms with Crippen molar-refractivity contribution < 1.29 is 9.48 Å². The lowest BCUT2D eigenvalue weighted by atomic mass is 10.2. The number of likely N-dealkylation sites (N-methyl/N-ethyl adjacent to an activating group) is 1. The van der Waals surface area contributed by atoms with Crippen molar-refractivity contribution in [2.75, 3.05) is 20.1 Å². The number of benzene rings is 1. The second-order valence-electron chi connectivity index (χ2n) is 4.02. The maximum absolute atomic E-state index is 2.35. The summed E-state index contributed by atoms with van der Waals surface area (Å²) in [5.41, 5.74) is 1.43. The second-order valence-corrected chi connectivity index (χ2v) is 4.02. The first-order valence-corrected chi connectivity index (χ1v) is 5.21. The molecule has 2 heteroatoms. The zero-order valence-electron chi connectivity index (χ0n) is 8.96. The molecule has 1 aliphatic rings. The summed E-state index contributed by atoms with van der Waals surface area (Å²) in [5.74, 6) is 1.47. The first-order chi connectivity index (χ1) is 6.77. The smallest absolute Gasteiger partial charge is 0.243 e. The van der Waals surface area contributed by atoms with Crippen LogP contribution in [-0.2, 0) is 6.54 Å². The second kappa shape index (κ2) is 3.93. The van der Waals surface area contributed by atoms with Gasteiger partial charge in [0.05, 0.1) is 6.92 Å². The minimum Gasteiger partial charge on any atom is -0.243 e. The summed E-state index contributed by atoms with van der Waals surface area (Å²) in [7, 11) is 2.17. The molecule has 1 aromatic carbocycles. The fourth-order valence-electron chi connectivity index (χ4n) is 1.98. The predicted octanol–water partition coefficient (Wildman–Crippen LogP) is 0.146. The summed E-state index contributed by atoms with van der Waals surface area (Å²) in [4.78, 5) is 1.60. The van der Waals surface area contributed by atoms with Crippen LogP contribution >= 0.6 is 0 Å². The van der Waals surface area contributed by atoms with E-state index in [1.807, 2.05) is 0 Å². The highest BCUT2D eigenvalue weighted by atomic mass is 15.3. The molecule has 1 aromatic rings. The van der Waals surface area contributed by atoms with E-state index in [0.717, 1.165) is 6.54 Å². The quantitative estimate of drug-likeness (QED) is 0.635. The summed E-state index contributed by atoms with van der Waals surface area (Å²) in [6, 6.07) is 10.7. The fourth-order valence-corrected chi connectivity index (χ4v) is 1.98. The van der Waals surface area contributed by atoms with E-state index in [9.17, 15) is 0 Å². The van der Waals surface area contributed by atoms with E-state index in [-0.39, 0.29) is 0 Å². The molecule has 2 nitrogen and oxygen atoms in total. The van der Waals surface area contributed by atoms with E-state index in [0.29, 0.717) is 0 Å². The third-order valence-electron chi connectivity index (χ3n) is 3.09. The molecule has 2 rings (SSSR count). The van der Waals surface area contributed by atoms with Crippen molar-refractivity contribution in [2.24, 2.45) is 0 Å². The van der Waals surface area contributed by atoms with Crippen molar-refractivity contribution in [3.63, 3.8) is 0 Å². The Morgan fingerprint density at radius 1 is 1.29 bits per heavy atom. The Hall–Kier alpha value is -1.15. The Labute approximate surface area is 85.5 Å². The predicted molar refractivity (Wildman–Crippen MR) is 57.7 cm³/mol.